The predicted octanol–water partition coefficient (Wildman–Crippen LogP) is 8.75. The molecule has 3 fully saturated rings. The van der Waals surface area contributed by atoms with Crippen molar-refractivity contribution in [2.75, 3.05) is 67.1 Å². The van der Waals surface area contributed by atoms with Gasteiger partial charge in [-0.1, -0.05) is 98.8 Å². The second-order valence-electron chi connectivity index (χ2n) is 24.1. The fraction of sp³-hybridized carbons (Fsp3) is 0.769. The van der Waals surface area contributed by atoms with Gasteiger partial charge in [-0.3, -0.25) is 28.8 Å². The van der Waals surface area contributed by atoms with Crippen LogP contribution in [0, 0.1) is 35.5 Å². The number of ketones is 3. The summed E-state index contributed by atoms with van der Waals surface area (Å²) >= 11 is 0. The first-order valence-electron chi connectivity index (χ1n) is 31.1. The Morgan fingerprint density at radius 2 is 1.40 bits per heavy atom. The molecule has 1 amide bonds. The third-order valence-corrected chi connectivity index (χ3v) is 18.0. The molecule has 83 heavy (non-hydrogen) atoms. The van der Waals surface area contributed by atoms with E-state index in [9.17, 15) is 38.7 Å². The maximum absolute atomic E-state index is 14.8. The molecule has 3 heterocycles. The second kappa shape index (κ2) is 35.3. The van der Waals surface area contributed by atoms with Crippen LogP contribution in [0.4, 0.5) is 0 Å². The number of fused-ring (bicyclic) bond motifs is 3. The lowest BCUT2D eigenvalue weighted by Crippen LogP contribution is -2.61. The van der Waals surface area contributed by atoms with E-state index in [1.54, 1.807) is 41.1 Å². The maximum Gasteiger partial charge on any atom is 0.329 e. The zero-order valence-electron chi connectivity index (χ0n) is 52.9. The van der Waals surface area contributed by atoms with Crippen molar-refractivity contribution in [3.8, 4) is 0 Å². The molecule has 4 rings (SSSR count). The molecule has 2 saturated heterocycles. The van der Waals surface area contributed by atoms with E-state index >= 15 is 0 Å². The Kier molecular flexibility index (Phi) is 30.2. The number of methoxy groups -OCH3 is 3. The van der Waals surface area contributed by atoms with E-state index in [4.69, 9.17) is 33.2 Å². The summed E-state index contributed by atoms with van der Waals surface area (Å²) in [5.41, 5.74) is 1.31. The van der Waals surface area contributed by atoms with Gasteiger partial charge >= 0.3 is 17.9 Å². The smallest absolute Gasteiger partial charge is 0.329 e. The van der Waals surface area contributed by atoms with Crippen LogP contribution in [0.5, 0.6) is 0 Å². The molecule has 8 unspecified atom stereocenters. The summed E-state index contributed by atoms with van der Waals surface area (Å²) in [6.07, 6.45) is 11.4. The first kappa shape index (κ1) is 71.1. The summed E-state index contributed by atoms with van der Waals surface area (Å²) < 4.78 is 42.6. The van der Waals surface area contributed by atoms with Gasteiger partial charge < -0.3 is 53.0 Å². The predicted molar refractivity (Wildman–Crippen MR) is 318 cm³/mol. The van der Waals surface area contributed by atoms with E-state index in [0.717, 1.165) is 31.8 Å². The Morgan fingerprint density at radius 3 is 2.01 bits per heavy atom. The number of carbonyl (C=O) groups is 7. The van der Waals surface area contributed by atoms with Crippen molar-refractivity contribution in [3.05, 3.63) is 47.6 Å². The number of ether oxygens (including phenoxy) is 7. The fourth-order valence-electron chi connectivity index (χ4n) is 12.4. The first-order valence-corrected chi connectivity index (χ1v) is 31.1. The summed E-state index contributed by atoms with van der Waals surface area (Å²) in [6.45, 7) is 25.2. The molecule has 3 aliphatic heterocycles. The minimum atomic E-state index is -2.47. The van der Waals surface area contributed by atoms with Crippen LogP contribution in [0.15, 0.2) is 47.6 Å². The SMILES string of the molecule is CCN(CC)CCC(=O)O[C@H]1CC[C@H](CC(C)[C@H]2CC(=O)C(C)C=C(C)[C@H](OC(=O)CCN(CC)CC)C(OC)C(=O)[C@@H](C)CC(C)/C=C/C=C/C=C(C)C(OC)CC3CC[C@H](C)[C@](O)(O3)C(=O)C(=O)N3CCCCC3C(=O)O2)CC1OC. The maximum atomic E-state index is 14.8. The van der Waals surface area contributed by atoms with Crippen LogP contribution in [0.25, 0.3) is 0 Å². The average Bonchev–Trinajstić information content (AvgIpc) is 3.51. The molecule has 0 spiro atoms. The molecular weight excluding hydrogens is 1060 g/mol. The van der Waals surface area contributed by atoms with Crippen LogP contribution in [-0.2, 0) is 66.7 Å². The van der Waals surface area contributed by atoms with E-state index in [0.29, 0.717) is 82.9 Å². The highest BCUT2D eigenvalue weighted by Crippen LogP contribution is 2.38. The van der Waals surface area contributed by atoms with Crippen molar-refractivity contribution in [2.45, 2.75) is 221 Å². The molecule has 0 aromatic carbocycles. The number of Topliss-reactive ketones (excluding diaryl/α,β-unsaturated/α-hetero) is 3. The standard InChI is InChI=1S/C65H105N3O15/c1-15-66(16-2)34-31-57(70)80-53-30-28-49(39-56(53)78-13)38-45(8)55-41-52(69)44(7)37-47(10)60(82-58(71)32-35-67(17-3)18-4)61(79-14)59(72)46(9)36-42(5)24-20-19-21-25-43(6)54(77-12)40-50-29-27-48(11)65(76,83-50)62(73)63(74)68-33-23-22-26-51(68)64(75)81-55/h19-21,24-25,37,42,44-46,48-51,53-56,60-61,76H,15-18,22-23,26-36,38-41H2,1-14H3/b21-19+,24-20+,43-25?,47-37?/t42?,44?,45?,46-,48-,49+,50?,51?,53-,54?,55+,56?,60-,61?,65-/m0/s1. The van der Waals surface area contributed by atoms with E-state index in [2.05, 4.69) is 23.6 Å². The Balaban J connectivity index is 1.76. The third-order valence-electron chi connectivity index (χ3n) is 18.0. The molecule has 0 radical (unpaired) electrons. The van der Waals surface area contributed by atoms with Gasteiger partial charge in [0.15, 0.2) is 18.0 Å². The molecule has 4 aliphatic rings. The molecular formula is C65H105N3O15. The lowest BCUT2D eigenvalue weighted by molar-refractivity contribution is -0.265. The molecule has 1 N–H and O–H groups in total. The summed E-state index contributed by atoms with van der Waals surface area (Å²) in [6, 6.07) is -1.19. The molecule has 18 nitrogen and oxygen atoms in total. The van der Waals surface area contributed by atoms with E-state index in [-0.39, 0.29) is 67.7 Å². The Labute approximate surface area is 496 Å². The number of esters is 3. The van der Waals surface area contributed by atoms with Crippen LogP contribution >= 0.6 is 0 Å². The zero-order valence-corrected chi connectivity index (χ0v) is 52.9. The lowest BCUT2D eigenvalue weighted by atomic mass is 9.78. The van der Waals surface area contributed by atoms with Gasteiger partial charge in [0.1, 0.15) is 24.0 Å². The van der Waals surface area contributed by atoms with Crippen LogP contribution in [0.1, 0.15) is 166 Å². The number of aliphatic hydroxyl groups is 1. The monoisotopic (exact) mass is 1170 g/mol. The number of rotatable bonds is 18. The van der Waals surface area contributed by atoms with Gasteiger partial charge in [-0.25, -0.2) is 4.79 Å². The van der Waals surface area contributed by atoms with Crippen molar-refractivity contribution >= 4 is 41.2 Å². The van der Waals surface area contributed by atoms with Crippen LogP contribution in [0.3, 0.4) is 0 Å². The van der Waals surface area contributed by atoms with Gasteiger partial charge in [-0.2, -0.15) is 0 Å². The number of amides is 1. The quantitative estimate of drug-likeness (QED) is 0.0588. The fourth-order valence-corrected chi connectivity index (χ4v) is 12.4. The molecule has 1 saturated carbocycles. The van der Waals surface area contributed by atoms with Crippen molar-refractivity contribution in [1.29, 1.82) is 0 Å². The normalized spacial score (nSPS) is 33.0. The van der Waals surface area contributed by atoms with Crippen LogP contribution in [0.2, 0.25) is 0 Å². The highest BCUT2D eigenvalue weighted by atomic mass is 16.6. The van der Waals surface area contributed by atoms with Crippen LogP contribution in [-0.4, -0.2) is 183 Å². The Bertz CT molecular complexity index is 2240. The number of allylic oxidation sites excluding steroid dienone is 6. The molecule has 2 bridgehead atoms. The lowest BCUT2D eigenvalue weighted by Gasteiger charge is -2.42. The van der Waals surface area contributed by atoms with Gasteiger partial charge in [0, 0.05) is 71.6 Å². The third kappa shape index (κ3) is 20.9. The average molecular weight is 1170 g/mol. The highest BCUT2D eigenvalue weighted by Gasteiger charge is 2.53. The number of hydrogen-bond acceptors (Lipinski definition) is 17. The highest BCUT2D eigenvalue weighted by molar-refractivity contribution is 6.39. The van der Waals surface area contributed by atoms with Crippen molar-refractivity contribution < 1.29 is 71.8 Å². The van der Waals surface area contributed by atoms with Gasteiger partial charge in [-0.15, -0.1) is 0 Å². The molecule has 0 aromatic heterocycles. The van der Waals surface area contributed by atoms with Crippen molar-refractivity contribution in [3.63, 3.8) is 0 Å². The molecule has 470 valence electrons. The van der Waals surface area contributed by atoms with Gasteiger partial charge in [-0.05, 0) is 133 Å². The molecule has 0 aromatic rings. The summed E-state index contributed by atoms with van der Waals surface area (Å²) in [7, 11) is 4.59. The summed E-state index contributed by atoms with van der Waals surface area (Å²) in [5, 5.41) is 12.1. The molecule has 1 aliphatic carbocycles. The Morgan fingerprint density at radius 1 is 0.747 bits per heavy atom. The molecule has 18 heteroatoms. The number of cyclic esters (lactones) is 1. The largest absolute Gasteiger partial charge is 0.460 e. The zero-order chi connectivity index (χ0) is 61.6. The van der Waals surface area contributed by atoms with E-state index < -0.39 is 95.8 Å². The minimum absolute atomic E-state index is 0.0357. The molecule has 15 atom stereocenters. The minimum Gasteiger partial charge on any atom is -0.460 e. The topological polar surface area (TPSA) is 214 Å². The van der Waals surface area contributed by atoms with Crippen molar-refractivity contribution in [2.24, 2.45) is 35.5 Å². The second-order valence-corrected chi connectivity index (χ2v) is 24.1. The van der Waals surface area contributed by atoms with Gasteiger partial charge in [0.2, 0.25) is 5.79 Å². The number of hydrogen-bond donors (Lipinski definition) is 1. The number of piperidine rings is 1. The first-order chi connectivity index (χ1) is 39.5. The van der Waals surface area contributed by atoms with Gasteiger partial charge in [0.25, 0.3) is 11.7 Å². The summed E-state index contributed by atoms with van der Waals surface area (Å²) in [5.74, 6) is -9.27. The van der Waals surface area contributed by atoms with E-state index in [1.165, 1.54) is 12.0 Å². The van der Waals surface area contributed by atoms with Gasteiger partial charge in [0.05, 0.1) is 31.2 Å². The summed E-state index contributed by atoms with van der Waals surface area (Å²) in [4.78, 5) is 105. The number of carbonyl (C=O) groups excluding carboxylic acids is 7. The van der Waals surface area contributed by atoms with Crippen molar-refractivity contribution in [1.82, 2.24) is 14.7 Å². The Hall–Kier alpha value is -4.43. The number of nitrogens with zero attached hydrogens (tertiary/aromatic N) is 3. The van der Waals surface area contributed by atoms with Crippen LogP contribution < -0.4 is 0 Å². The van der Waals surface area contributed by atoms with E-state index in [1.807, 2.05) is 71.9 Å².